The normalized spacial score (nSPS) is 17.1. The molecule has 1 aliphatic heterocycles. The smallest absolute Gasteiger partial charge is 0.0448 e. The summed E-state index contributed by atoms with van der Waals surface area (Å²) in [7, 11) is 0. The van der Waals surface area contributed by atoms with Crippen molar-refractivity contribution < 1.29 is 0 Å². The molecule has 0 aliphatic carbocycles. The molecule has 0 saturated carbocycles. The third-order valence-electron chi connectivity index (χ3n) is 4.65. The maximum Gasteiger partial charge on any atom is 0.0448 e. The fourth-order valence-electron chi connectivity index (χ4n) is 3.28. The Hall–Kier alpha value is -1.77. The fraction of sp³-hybridized carbons (Fsp3) is 0.471. The number of pyridine rings is 1. The molecule has 1 aliphatic rings. The van der Waals surface area contributed by atoms with Crippen LogP contribution in [0.25, 0.3) is 10.8 Å². The number of aromatic nitrogens is 1. The van der Waals surface area contributed by atoms with Crippen LogP contribution in [0.3, 0.4) is 0 Å². The molecular weight excluding hydrogens is 246 g/mol. The molecule has 1 fully saturated rings. The Labute approximate surface area is 120 Å². The first-order chi connectivity index (χ1) is 9.66. The van der Waals surface area contributed by atoms with E-state index in [1.165, 1.54) is 23.9 Å². The van der Waals surface area contributed by atoms with E-state index in [2.05, 4.69) is 35.9 Å². The number of piperidine rings is 1. The van der Waals surface area contributed by atoms with Gasteiger partial charge in [0, 0.05) is 47.6 Å². The summed E-state index contributed by atoms with van der Waals surface area (Å²) in [5, 5.41) is 2.29. The largest absolute Gasteiger partial charge is 0.398 e. The number of anilines is 2. The zero-order valence-corrected chi connectivity index (χ0v) is 12.3. The number of benzene rings is 1. The summed E-state index contributed by atoms with van der Waals surface area (Å²) in [6.07, 6.45) is 6.30. The Balaban J connectivity index is 1.90. The number of rotatable bonds is 2. The van der Waals surface area contributed by atoms with Gasteiger partial charge in [0.25, 0.3) is 0 Å². The van der Waals surface area contributed by atoms with Crippen molar-refractivity contribution in [2.75, 3.05) is 23.7 Å². The summed E-state index contributed by atoms with van der Waals surface area (Å²) in [5.74, 6) is 1.66. The molecule has 2 heterocycles. The summed E-state index contributed by atoms with van der Waals surface area (Å²) in [6, 6.07) is 6.25. The van der Waals surface area contributed by atoms with E-state index in [1.54, 1.807) is 0 Å². The highest BCUT2D eigenvalue weighted by atomic mass is 15.1. The number of hydrogen-bond acceptors (Lipinski definition) is 3. The lowest BCUT2D eigenvalue weighted by Gasteiger charge is -2.36. The Bertz CT molecular complexity index is 598. The van der Waals surface area contributed by atoms with Crippen LogP contribution in [0.5, 0.6) is 0 Å². The van der Waals surface area contributed by atoms with Crippen molar-refractivity contribution in [2.24, 2.45) is 11.8 Å². The van der Waals surface area contributed by atoms with E-state index in [0.29, 0.717) is 0 Å². The number of nitrogens with zero attached hydrogens (tertiary/aromatic N) is 2. The van der Waals surface area contributed by atoms with E-state index in [0.717, 1.165) is 36.0 Å². The van der Waals surface area contributed by atoms with E-state index in [-0.39, 0.29) is 0 Å². The first-order valence-corrected chi connectivity index (χ1v) is 7.54. The molecule has 0 atom stereocenters. The van der Waals surface area contributed by atoms with Crippen LogP contribution in [0, 0.1) is 11.8 Å². The maximum absolute atomic E-state index is 6.06. The predicted molar refractivity (Wildman–Crippen MR) is 85.9 cm³/mol. The molecule has 0 amide bonds. The Morgan fingerprint density at radius 2 is 1.90 bits per heavy atom. The maximum atomic E-state index is 6.06. The molecule has 20 heavy (non-hydrogen) atoms. The van der Waals surface area contributed by atoms with Crippen LogP contribution in [0.1, 0.15) is 26.7 Å². The van der Waals surface area contributed by atoms with Crippen molar-refractivity contribution in [3.8, 4) is 0 Å². The monoisotopic (exact) mass is 269 g/mol. The Kier molecular flexibility index (Phi) is 3.51. The second-order valence-electron chi connectivity index (χ2n) is 6.16. The Morgan fingerprint density at radius 1 is 1.15 bits per heavy atom. The van der Waals surface area contributed by atoms with Crippen molar-refractivity contribution >= 4 is 22.1 Å². The summed E-state index contributed by atoms with van der Waals surface area (Å²) in [4.78, 5) is 6.70. The first kappa shape index (κ1) is 13.2. The lowest BCUT2D eigenvalue weighted by atomic mass is 9.86. The van der Waals surface area contributed by atoms with Crippen LogP contribution in [-0.2, 0) is 0 Å². The van der Waals surface area contributed by atoms with Crippen LogP contribution in [0.15, 0.2) is 30.6 Å². The lowest BCUT2D eigenvalue weighted by Crippen LogP contribution is -2.35. The molecule has 3 nitrogen and oxygen atoms in total. The lowest BCUT2D eigenvalue weighted by molar-refractivity contribution is 0.311. The summed E-state index contributed by atoms with van der Waals surface area (Å²) >= 11 is 0. The first-order valence-electron chi connectivity index (χ1n) is 7.54. The number of nitrogens with two attached hydrogens (primary N) is 1. The van der Waals surface area contributed by atoms with E-state index in [4.69, 9.17) is 5.73 Å². The second-order valence-corrected chi connectivity index (χ2v) is 6.16. The van der Waals surface area contributed by atoms with Crippen LogP contribution in [0.2, 0.25) is 0 Å². The van der Waals surface area contributed by atoms with Gasteiger partial charge in [0.1, 0.15) is 0 Å². The second kappa shape index (κ2) is 5.31. The molecule has 0 spiro atoms. The molecule has 0 radical (unpaired) electrons. The average Bonchev–Trinajstić information content (AvgIpc) is 2.48. The molecule has 1 aromatic carbocycles. The molecule has 3 heteroatoms. The van der Waals surface area contributed by atoms with Gasteiger partial charge in [-0.3, -0.25) is 4.98 Å². The molecule has 1 saturated heterocycles. The van der Waals surface area contributed by atoms with Crippen molar-refractivity contribution in [3.05, 3.63) is 30.6 Å². The van der Waals surface area contributed by atoms with Gasteiger partial charge < -0.3 is 10.6 Å². The van der Waals surface area contributed by atoms with Gasteiger partial charge in [-0.25, -0.2) is 0 Å². The van der Waals surface area contributed by atoms with Crippen molar-refractivity contribution in [2.45, 2.75) is 26.7 Å². The number of hydrogen-bond donors (Lipinski definition) is 1. The van der Waals surface area contributed by atoms with E-state index in [9.17, 15) is 0 Å². The van der Waals surface area contributed by atoms with Gasteiger partial charge in [-0.2, -0.15) is 0 Å². The van der Waals surface area contributed by atoms with Crippen LogP contribution < -0.4 is 10.6 Å². The highest BCUT2D eigenvalue weighted by Gasteiger charge is 2.22. The van der Waals surface area contributed by atoms with Gasteiger partial charge in [0.2, 0.25) is 0 Å². The molecule has 2 N–H and O–H groups in total. The van der Waals surface area contributed by atoms with Crippen molar-refractivity contribution in [1.29, 1.82) is 0 Å². The fourth-order valence-corrected chi connectivity index (χ4v) is 3.28. The summed E-state index contributed by atoms with van der Waals surface area (Å²) < 4.78 is 0. The minimum Gasteiger partial charge on any atom is -0.398 e. The zero-order chi connectivity index (χ0) is 14.1. The van der Waals surface area contributed by atoms with E-state index < -0.39 is 0 Å². The number of nitrogen functional groups attached to an aromatic ring is 1. The quantitative estimate of drug-likeness (QED) is 0.845. The SMILES string of the molecule is CC(C)C1CCN(c2ccc(N)c3cnccc23)CC1. The Morgan fingerprint density at radius 3 is 2.60 bits per heavy atom. The van der Waals surface area contributed by atoms with E-state index in [1.807, 2.05) is 18.5 Å². The molecule has 106 valence electrons. The minimum absolute atomic E-state index is 0.796. The average molecular weight is 269 g/mol. The summed E-state index contributed by atoms with van der Waals surface area (Å²) in [5.41, 5.74) is 8.18. The number of fused-ring (bicyclic) bond motifs is 1. The minimum atomic E-state index is 0.796. The van der Waals surface area contributed by atoms with Gasteiger partial charge >= 0.3 is 0 Å². The van der Waals surface area contributed by atoms with E-state index >= 15 is 0 Å². The van der Waals surface area contributed by atoms with Crippen molar-refractivity contribution in [3.63, 3.8) is 0 Å². The third-order valence-corrected chi connectivity index (χ3v) is 4.65. The molecule has 2 aromatic rings. The van der Waals surface area contributed by atoms with Gasteiger partial charge in [0.05, 0.1) is 0 Å². The molecule has 0 unspecified atom stereocenters. The predicted octanol–water partition coefficient (Wildman–Crippen LogP) is 3.69. The standard InChI is InChI=1S/C17H23N3/c1-12(2)13-6-9-20(10-7-13)17-4-3-16(18)15-11-19-8-5-14(15)17/h3-5,8,11-13H,6-7,9-10,18H2,1-2H3. The van der Waals surface area contributed by atoms with Crippen LogP contribution in [-0.4, -0.2) is 18.1 Å². The summed E-state index contributed by atoms with van der Waals surface area (Å²) in [6.45, 7) is 6.96. The van der Waals surface area contributed by atoms with Crippen LogP contribution in [0.4, 0.5) is 11.4 Å². The van der Waals surface area contributed by atoms with Crippen molar-refractivity contribution in [1.82, 2.24) is 4.98 Å². The van der Waals surface area contributed by atoms with Crippen LogP contribution >= 0.6 is 0 Å². The molecule has 3 rings (SSSR count). The van der Waals surface area contributed by atoms with Gasteiger partial charge in [-0.15, -0.1) is 0 Å². The zero-order valence-electron chi connectivity index (χ0n) is 12.3. The highest BCUT2D eigenvalue weighted by Crippen LogP contribution is 2.34. The van der Waals surface area contributed by atoms with Gasteiger partial charge in [-0.05, 0) is 42.9 Å². The third kappa shape index (κ3) is 2.33. The molecule has 1 aromatic heterocycles. The molecular formula is C17H23N3. The topological polar surface area (TPSA) is 42.1 Å². The van der Waals surface area contributed by atoms with Gasteiger partial charge in [0.15, 0.2) is 0 Å². The molecule has 0 bridgehead atoms. The van der Waals surface area contributed by atoms with Gasteiger partial charge in [-0.1, -0.05) is 13.8 Å². The highest BCUT2D eigenvalue weighted by molar-refractivity contribution is 6.00.